The quantitative estimate of drug-likeness (QED) is 0.445. The second-order valence-electron chi connectivity index (χ2n) is 5.47. The van der Waals surface area contributed by atoms with Crippen LogP contribution in [0.25, 0.3) is 0 Å². The van der Waals surface area contributed by atoms with Crippen molar-refractivity contribution in [3.05, 3.63) is 33.4 Å². The number of rotatable bonds is 3. The maximum Gasteiger partial charge on any atom is 0.293 e. The van der Waals surface area contributed by atoms with Gasteiger partial charge in [-0.15, -0.1) is 12.4 Å². The summed E-state index contributed by atoms with van der Waals surface area (Å²) in [5, 5.41) is 17.2. The summed E-state index contributed by atoms with van der Waals surface area (Å²) in [4.78, 5) is 22.8. The van der Waals surface area contributed by atoms with Gasteiger partial charge in [-0.25, -0.2) is 0 Å². The molecule has 1 aromatic carbocycles. The molecule has 0 aromatic heterocycles. The Labute approximate surface area is 135 Å². The molecule has 0 aliphatic carbocycles. The van der Waals surface area contributed by atoms with Gasteiger partial charge in [-0.2, -0.15) is 0 Å². The van der Waals surface area contributed by atoms with Crippen molar-refractivity contribution in [2.24, 2.45) is 0 Å². The molecule has 0 bridgehead atoms. The van der Waals surface area contributed by atoms with Crippen LogP contribution in [0, 0.1) is 17.0 Å². The van der Waals surface area contributed by atoms with Crippen LogP contribution in [0.2, 0.25) is 0 Å². The molecule has 1 aromatic rings. The van der Waals surface area contributed by atoms with Crippen LogP contribution in [-0.4, -0.2) is 29.5 Å². The van der Waals surface area contributed by atoms with E-state index in [0.717, 1.165) is 19.4 Å². The number of nitrogens with two attached hydrogens (primary N) is 1. The lowest BCUT2D eigenvalue weighted by Crippen LogP contribution is -2.52. The number of hydrogen-bond donors (Lipinski definition) is 3. The van der Waals surface area contributed by atoms with Crippen LogP contribution in [0.4, 0.5) is 11.4 Å². The topological polar surface area (TPSA) is 110 Å². The highest BCUT2D eigenvalue weighted by Gasteiger charge is 2.26. The van der Waals surface area contributed by atoms with Gasteiger partial charge in [0.25, 0.3) is 11.6 Å². The predicted molar refractivity (Wildman–Crippen MR) is 87.4 cm³/mol. The van der Waals surface area contributed by atoms with Crippen molar-refractivity contribution in [3.63, 3.8) is 0 Å². The van der Waals surface area contributed by atoms with E-state index in [1.165, 1.54) is 6.07 Å². The molecule has 122 valence electrons. The number of carbonyl (C=O) groups excluding carboxylic acids is 1. The number of nitrogens with zero attached hydrogens (tertiary/aromatic N) is 1. The van der Waals surface area contributed by atoms with Crippen molar-refractivity contribution in [3.8, 4) is 0 Å². The third-order valence-electron chi connectivity index (χ3n) is 3.82. The molecule has 1 amide bonds. The first-order chi connectivity index (χ1) is 9.90. The van der Waals surface area contributed by atoms with E-state index in [1.807, 2.05) is 6.92 Å². The number of benzene rings is 1. The Morgan fingerprint density at radius 1 is 1.50 bits per heavy atom. The molecule has 7 nitrogen and oxygen atoms in total. The largest absolute Gasteiger partial charge is 0.393 e. The normalized spacial score (nSPS) is 20.8. The molecule has 1 aliphatic heterocycles. The van der Waals surface area contributed by atoms with Crippen LogP contribution in [0.1, 0.15) is 35.7 Å². The minimum atomic E-state index is -0.566. The van der Waals surface area contributed by atoms with E-state index in [0.29, 0.717) is 5.56 Å². The summed E-state index contributed by atoms with van der Waals surface area (Å²) in [6, 6.07) is 3.13. The van der Waals surface area contributed by atoms with Crippen LogP contribution in [-0.2, 0) is 0 Å². The zero-order valence-electron chi connectivity index (χ0n) is 12.6. The highest BCUT2D eigenvalue weighted by Crippen LogP contribution is 2.27. The molecular weight excluding hydrogens is 308 g/mol. The zero-order valence-corrected chi connectivity index (χ0v) is 13.4. The van der Waals surface area contributed by atoms with Gasteiger partial charge in [0, 0.05) is 18.2 Å². The van der Waals surface area contributed by atoms with Gasteiger partial charge in [0.15, 0.2) is 0 Å². The number of halogens is 1. The number of piperidine rings is 1. The smallest absolute Gasteiger partial charge is 0.293 e. The molecule has 2 unspecified atom stereocenters. The summed E-state index contributed by atoms with van der Waals surface area (Å²) in [5.41, 5.74) is 6.27. The van der Waals surface area contributed by atoms with Crippen molar-refractivity contribution in [1.29, 1.82) is 0 Å². The van der Waals surface area contributed by atoms with Crippen LogP contribution in [0.15, 0.2) is 12.1 Å². The van der Waals surface area contributed by atoms with Crippen molar-refractivity contribution >= 4 is 29.7 Å². The molecule has 2 atom stereocenters. The maximum absolute atomic E-state index is 12.4. The van der Waals surface area contributed by atoms with Gasteiger partial charge in [0.2, 0.25) is 0 Å². The average Bonchev–Trinajstić information content (AvgIpc) is 2.43. The van der Waals surface area contributed by atoms with Gasteiger partial charge < -0.3 is 16.4 Å². The fourth-order valence-electron chi connectivity index (χ4n) is 2.60. The molecule has 2 rings (SSSR count). The number of nitrogen functional groups attached to an aromatic ring is 1. The van der Waals surface area contributed by atoms with Crippen LogP contribution < -0.4 is 16.4 Å². The van der Waals surface area contributed by atoms with Crippen LogP contribution >= 0.6 is 12.4 Å². The molecule has 1 saturated heterocycles. The van der Waals surface area contributed by atoms with Gasteiger partial charge in [0.1, 0.15) is 5.69 Å². The molecule has 0 radical (unpaired) electrons. The highest BCUT2D eigenvalue weighted by molar-refractivity contribution is 6.01. The Morgan fingerprint density at radius 2 is 2.18 bits per heavy atom. The van der Waals surface area contributed by atoms with Gasteiger partial charge in [-0.3, -0.25) is 14.9 Å². The zero-order chi connectivity index (χ0) is 15.6. The summed E-state index contributed by atoms with van der Waals surface area (Å²) in [6.07, 6.45) is 1.87. The number of nitro groups is 1. The number of amides is 1. The van der Waals surface area contributed by atoms with Crippen molar-refractivity contribution < 1.29 is 9.72 Å². The molecule has 1 heterocycles. The average molecular weight is 329 g/mol. The molecule has 4 N–H and O–H groups in total. The van der Waals surface area contributed by atoms with Crippen molar-refractivity contribution in [2.75, 3.05) is 12.3 Å². The molecule has 0 spiro atoms. The molecule has 22 heavy (non-hydrogen) atoms. The van der Waals surface area contributed by atoms with E-state index >= 15 is 0 Å². The first-order valence-corrected chi connectivity index (χ1v) is 6.99. The second-order valence-corrected chi connectivity index (χ2v) is 5.47. The standard InChI is InChI=1S/C14H20N4O3.ClH/c1-8-6-10(13(15)12(7-8)18(20)21)14(19)17-11-4-3-5-16-9(11)2;/h6-7,9,11,16H,3-5,15H2,1-2H3,(H,17,19);1H. The number of nitro benzene ring substituents is 1. The Kier molecular flexibility index (Phi) is 6.13. The minimum Gasteiger partial charge on any atom is -0.393 e. The summed E-state index contributed by atoms with van der Waals surface area (Å²) in [7, 11) is 0. The summed E-state index contributed by atoms with van der Waals surface area (Å²) in [5.74, 6) is -0.361. The Balaban J connectivity index is 0.00000242. The Bertz CT molecular complexity index is 579. The van der Waals surface area contributed by atoms with Crippen molar-refractivity contribution in [2.45, 2.75) is 38.8 Å². The maximum atomic E-state index is 12.4. The highest BCUT2D eigenvalue weighted by atomic mass is 35.5. The minimum absolute atomic E-state index is 0. The Hall–Kier alpha value is -1.86. The molecule has 0 saturated carbocycles. The van der Waals surface area contributed by atoms with Gasteiger partial charge >= 0.3 is 0 Å². The fraction of sp³-hybridized carbons (Fsp3) is 0.500. The van der Waals surface area contributed by atoms with Gasteiger partial charge in [-0.05, 0) is 44.9 Å². The summed E-state index contributed by atoms with van der Waals surface area (Å²) >= 11 is 0. The SMILES string of the molecule is Cc1cc(C(=O)NC2CCCNC2C)c(N)c([N+](=O)[O-])c1.Cl. The lowest BCUT2D eigenvalue weighted by molar-refractivity contribution is -0.384. The third kappa shape index (κ3) is 3.86. The van der Waals surface area contributed by atoms with Crippen molar-refractivity contribution in [1.82, 2.24) is 10.6 Å². The van der Waals surface area contributed by atoms with Crippen LogP contribution in [0.5, 0.6) is 0 Å². The molecule has 8 heteroatoms. The lowest BCUT2D eigenvalue weighted by atomic mass is 9.99. The van der Waals surface area contributed by atoms with E-state index in [9.17, 15) is 14.9 Å². The van der Waals surface area contributed by atoms with E-state index < -0.39 is 4.92 Å². The summed E-state index contributed by atoms with van der Waals surface area (Å²) < 4.78 is 0. The van der Waals surface area contributed by atoms with E-state index in [1.54, 1.807) is 13.0 Å². The van der Waals surface area contributed by atoms with E-state index in [4.69, 9.17) is 5.73 Å². The number of hydrogen-bond acceptors (Lipinski definition) is 5. The van der Waals surface area contributed by atoms with Crippen LogP contribution in [0.3, 0.4) is 0 Å². The molecular formula is C14H21ClN4O3. The van der Waals surface area contributed by atoms with E-state index in [-0.39, 0.29) is 47.3 Å². The monoisotopic (exact) mass is 328 g/mol. The van der Waals surface area contributed by atoms with Gasteiger partial charge in [-0.1, -0.05) is 0 Å². The molecule has 1 fully saturated rings. The number of aryl methyl sites for hydroxylation is 1. The fourth-order valence-corrected chi connectivity index (χ4v) is 2.60. The third-order valence-corrected chi connectivity index (χ3v) is 3.82. The lowest BCUT2D eigenvalue weighted by Gasteiger charge is -2.30. The number of anilines is 1. The second kappa shape index (κ2) is 7.42. The number of carbonyl (C=O) groups is 1. The first kappa shape index (κ1) is 18.2. The first-order valence-electron chi connectivity index (χ1n) is 6.99. The van der Waals surface area contributed by atoms with E-state index in [2.05, 4.69) is 10.6 Å². The van der Waals surface area contributed by atoms with Gasteiger partial charge in [0.05, 0.1) is 10.5 Å². The molecule has 1 aliphatic rings. The predicted octanol–water partition coefficient (Wildman–Crippen LogP) is 1.78. The Morgan fingerprint density at radius 3 is 2.77 bits per heavy atom. The summed E-state index contributed by atoms with van der Waals surface area (Å²) in [6.45, 7) is 4.64. The number of nitrogens with one attached hydrogen (secondary N) is 2.